The van der Waals surface area contributed by atoms with E-state index in [2.05, 4.69) is 20.3 Å². The molecule has 0 atom stereocenters. The molecule has 11 nitrogen and oxygen atoms in total. The number of rotatable bonds is 8. The molecule has 0 unspecified atom stereocenters. The van der Waals surface area contributed by atoms with E-state index < -0.39 is 10.9 Å². The first-order valence-electron chi connectivity index (χ1n) is 8.73. The number of amides is 1. The molecule has 2 aromatic heterocycles. The van der Waals surface area contributed by atoms with Crippen molar-refractivity contribution in [2.24, 2.45) is 5.73 Å². The van der Waals surface area contributed by atoms with Gasteiger partial charge in [-0.3, -0.25) is 4.79 Å². The largest absolute Gasteiger partial charge is 0.365 e. The molecule has 0 saturated carbocycles. The first-order chi connectivity index (χ1) is 14.5. The number of aromatic nitrogens is 3. The highest BCUT2D eigenvalue weighted by Gasteiger charge is 2.18. The lowest BCUT2D eigenvalue weighted by molar-refractivity contribution is -0.494. The van der Waals surface area contributed by atoms with Gasteiger partial charge in [-0.15, -0.1) is 0 Å². The average Bonchev–Trinajstić information content (AvgIpc) is 2.77. The Bertz CT molecular complexity index is 1100. The van der Waals surface area contributed by atoms with Gasteiger partial charge >= 0.3 is 0 Å². The summed E-state index contributed by atoms with van der Waals surface area (Å²) in [5, 5.41) is 23.5. The lowest BCUT2D eigenvalue weighted by Gasteiger charge is -2.14. The summed E-state index contributed by atoms with van der Waals surface area (Å²) < 4.78 is 0. The summed E-state index contributed by atoms with van der Waals surface area (Å²) in [7, 11) is 0. The van der Waals surface area contributed by atoms with Crippen LogP contribution in [0.2, 0.25) is 0 Å². The molecule has 3 aromatic rings. The molecular formula is C19H16N8O3. The van der Waals surface area contributed by atoms with E-state index in [1.54, 1.807) is 36.4 Å². The third kappa shape index (κ3) is 4.63. The Morgan fingerprint density at radius 3 is 2.60 bits per heavy atom. The summed E-state index contributed by atoms with van der Waals surface area (Å²) in [6, 6.07) is 13.3. The van der Waals surface area contributed by atoms with Crippen LogP contribution in [0.25, 0.3) is 11.3 Å². The second kappa shape index (κ2) is 9.07. The minimum Gasteiger partial charge on any atom is -0.365 e. The zero-order valence-corrected chi connectivity index (χ0v) is 15.6. The molecular weight excluding hydrogens is 388 g/mol. The summed E-state index contributed by atoms with van der Waals surface area (Å²) in [5.41, 5.74) is 6.86. The minimum absolute atomic E-state index is 0.00283. The minimum atomic E-state index is -0.699. The summed E-state index contributed by atoms with van der Waals surface area (Å²) >= 11 is 0. The summed E-state index contributed by atoms with van der Waals surface area (Å²) in [5.74, 6) is -0.327. The number of nitro groups is 1. The smallest absolute Gasteiger partial charge is 0.252 e. The van der Waals surface area contributed by atoms with Gasteiger partial charge in [0.2, 0.25) is 5.95 Å². The number of primary amides is 1. The number of nitrogens with two attached hydrogens (primary N) is 1. The lowest BCUT2D eigenvalue weighted by Crippen LogP contribution is -2.35. The molecule has 150 valence electrons. The van der Waals surface area contributed by atoms with Crippen LogP contribution in [-0.2, 0) is 0 Å². The van der Waals surface area contributed by atoms with E-state index in [1.807, 2.05) is 6.07 Å². The van der Waals surface area contributed by atoms with Crippen molar-refractivity contribution in [1.82, 2.24) is 15.0 Å². The van der Waals surface area contributed by atoms with Crippen molar-refractivity contribution >= 4 is 17.7 Å². The molecule has 0 radical (unpaired) electrons. The van der Waals surface area contributed by atoms with E-state index in [4.69, 9.17) is 11.0 Å². The fourth-order valence-corrected chi connectivity index (χ4v) is 2.63. The van der Waals surface area contributed by atoms with Crippen molar-refractivity contribution in [3.05, 3.63) is 76.1 Å². The lowest BCUT2D eigenvalue weighted by atomic mass is 10.1. The van der Waals surface area contributed by atoms with Gasteiger partial charge in [0.1, 0.15) is 6.54 Å². The number of hydrogen-bond acceptors (Lipinski definition) is 8. The van der Waals surface area contributed by atoms with E-state index in [-0.39, 0.29) is 30.4 Å². The highest BCUT2D eigenvalue weighted by Crippen LogP contribution is 2.22. The molecule has 0 bridgehead atoms. The van der Waals surface area contributed by atoms with Crippen molar-refractivity contribution in [2.75, 3.05) is 23.4 Å². The fourth-order valence-electron chi connectivity index (χ4n) is 2.63. The number of nitrogens with zero attached hydrogens (tertiary/aromatic N) is 6. The zero-order valence-electron chi connectivity index (χ0n) is 15.6. The van der Waals surface area contributed by atoms with Crippen LogP contribution in [0.15, 0.2) is 54.9 Å². The summed E-state index contributed by atoms with van der Waals surface area (Å²) in [4.78, 5) is 35.4. The summed E-state index contributed by atoms with van der Waals surface area (Å²) in [6.45, 7) is 0.136. The number of pyridine rings is 1. The van der Waals surface area contributed by atoms with Crippen LogP contribution >= 0.6 is 0 Å². The fraction of sp³-hybridized carbons (Fsp3) is 0.105. The van der Waals surface area contributed by atoms with Crippen molar-refractivity contribution < 1.29 is 9.83 Å². The van der Waals surface area contributed by atoms with E-state index >= 15 is 0 Å². The Morgan fingerprint density at radius 1 is 1.23 bits per heavy atom. The van der Waals surface area contributed by atoms with Crippen LogP contribution in [0.5, 0.6) is 0 Å². The quantitative estimate of drug-likeness (QED) is 0.419. The molecule has 2 heterocycles. The van der Waals surface area contributed by atoms with Crippen LogP contribution in [-0.4, -0.2) is 39.0 Å². The van der Waals surface area contributed by atoms with Crippen molar-refractivity contribution in [3.8, 4) is 17.3 Å². The molecule has 0 aliphatic carbocycles. The molecule has 0 spiro atoms. The van der Waals surface area contributed by atoms with Crippen molar-refractivity contribution in [1.29, 1.82) is 5.26 Å². The Labute approximate surface area is 170 Å². The van der Waals surface area contributed by atoms with Gasteiger partial charge in [-0.1, -0.05) is 23.2 Å². The SMILES string of the molecule is N#Cc1ccc(-c2nc(NCCN(c3ccccn3)[N+](=O)[O-])ncc2C(N)=O)cc1. The molecule has 0 aliphatic rings. The van der Waals surface area contributed by atoms with Gasteiger partial charge in [-0.05, 0) is 24.3 Å². The van der Waals surface area contributed by atoms with Crippen LogP contribution < -0.4 is 16.1 Å². The van der Waals surface area contributed by atoms with Gasteiger partial charge < -0.3 is 11.1 Å². The summed E-state index contributed by atoms with van der Waals surface area (Å²) in [6.07, 6.45) is 2.75. The van der Waals surface area contributed by atoms with Gasteiger partial charge in [0.15, 0.2) is 10.9 Å². The van der Waals surface area contributed by atoms with Crippen LogP contribution in [0.3, 0.4) is 0 Å². The molecule has 1 amide bonds. The van der Waals surface area contributed by atoms with E-state index in [0.717, 1.165) is 5.01 Å². The molecule has 3 N–H and O–H groups in total. The normalized spacial score (nSPS) is 10.1. The predicted octanol–water partition coefficient (Wildman–Crippen LogP) is 1.62. The van der Waals surface area contributed by atoms with Gasteiger partial charge in [0, 0.05) is 24.5 Å². The maximum atomic E-state index is 11.7. The Balaban J connectivity index is 1.79. The van der Waals surface area contributed by atoms with Crippen LogP contribution in [0.4, 0.5) is 11.8 Å². The highest BCUT2D eigenvalue weighted by molar-refractivity contribution is 5.98. The molecule has 3 rings (SSSR count). The van der Waals surface area contributed by atoms with E-state index in [9.17, 15) is 14.9 Å². The first-order valence-corrected chi connectivity index (χ1v) is 8.73. The van der Waals surface area contributed by atoms with Crippen molar-refractivity contribution in [2.45, 2.75) is 0 Å². The third-order valence-electron chi connectivity index (χ3n) is 4.06. The Morgan fingerprint density at radius 2 is 2.00 bits per heavy atom. The number of nitriles is 1. The van der Waals surface area contributed by atoms with Crippen LogP contribution in [0, 0.1) is 21.4 Å². The molecule has 1 aromatic carbocycles. The number of nitrogens with one attached hydrogen (secondary N) is 1. The monoisotopic (exact) mass is 404 g/mol. The highest BCUT2D eigenvalue weighted by atomic mass is 16.7. The van der Waals surface area contributed by atoms with Gasteiger partial charge in [-0.25, -0.2) is 25.1 Å². The molecule has 0 saturated heterocycles. The second-order valence-corrected chi connectivity index (χ2v) is 5.98. The third-order valence-corrected chi connectivity index (χ3v) is 4.06. The van der Waals surface area contributed by atoms with E-state index in [1.165, 1.54) is 18.5 Å². The number of hydrogen-bond donors (Lipinski definition) is 2. The number of anilines is 2. The molecule has 0 aliphatic heterocycles. The number of carbonyl (C=O) groups excluding carboxylic acids is 1. The second-order valence-electron chi connectivity index (χ2n) is 5.98. The number of hydrazine groups is 1. The molecule has 0 fully saturated rings. The molecule has 11 heteroatoms. The zero-order chi connectivity index (χ0) is 21.5. The predicted molar refractivity (Wildman–Crippen MR) is 108 cm³/mol. The average molecular weight is 404 g/mol. The van der Waals surface area contributed by atoms with Crippen molar-refractivity contribution in [3.63, 3.8) is 0 Å². The van der Waals surface area contributed by atoms with Gasteiger partial charge in [0.25, 0.3) is 5.91 Å². The van der Waals surface area contributed by atoms with E-state index in [0.29, 0.717) is 16.8 Å². The maximum absolute atomic E-state index is 11.7. The van der Waals surface area contributed by atoms with Crippen LogP contribution in [0.1, 0.15) is 15.9 Å². The van der Waals surface area contributed by atoms with Gasteiger partial charge in [-0.2, -0.15) is 5.26 Å². The number of carbonyl (C=O) groups is 1. The first kappa shape index (κ1) is 20.2. The topological polar surface area (TPSA) is 164 Å². The van der Waals surface area contributed by atoms with Gasteiger partial charge in [0.05, 0.1) is 22.9 Å². The maximum Gasteiger partial charge on any atom is 0.252 e. The Kier molecular flexibility index (Phi) is 6.09. The Hall–Kier alpha value is -4.59. The molecule has 30 heavy (non-hydrogen) atoms. The standard InChI is InChI=1S/C19H16N8O3/c20-11-13-4-6-14(7-5-13)17-15(18(21)28)12-24-19(25-17)23-9-10-26(27(29)30)16-3-1-2-8-22-16/h1-8,12H,9-10H2,(H2,21,28)(H,23,24,25). The number of benzene rings is 1.